The second-order valence-corrected chi connectivity index (χ2v) is 7.18. The average molecular weight is 375 g/mol. The number of rotatable bonds is 3. The van der Waals surface area contributed by atoms with E-state index < -0.39 is 30.2 Å². The summed E-state index contributed by atoms with van der Waals surface area (Å²) in [5.41, 5.74) is -0.895. The number of hydrogen-bond acceptors (Lipinski definition) is 6. The van der Waals surface area contributed by atoms with Gasteiger partial charge in [0.25, 0.3) is 0 Å². The first-order chi connectivity index (χ1) is 12.2. The van der Waals surface area contributed by atoms with Crippen LogP contribution >= 0.6 is 0 Å². The van der Waals surface area contributed by atoms with Crippen LogP contribution in [0.1, 0.15) is 18.5 Å². The van der Waals surface area contributed by atoms with Crippen molar-refractivity contribution in [2.24, 2.45) is 5.92 Å². The molecule has 3 N–H and O–H groups in total. The lowest BCUT2D eigenvalue weighted by Crippen LogP contribution is -2.56. The maximum atomic E-state index is 12.9. The molecular weight excluding hydrogens is 351 g/mol. The number of piperidine rings is 2. The van der Waals surface area contributed by atoms with E-state index in [1.165, 1.54) is 6.07 Å². The van der Waals surface area contributed by atoms with Crippen molar-refractivity contribution < 1.29 is 28.5 Å². The molecule has 3 rings (SSSR count). The topological polar surface area (TPSA) is 80.1 Å². The minimum absolute atomic E-state index is 0.190. The van der Waals surface area contributed by atoms with Crippen molar-refractivity contribution in [1.82, 2.24) is 9.88 Å². The van der Waals surface area contributed by atoms with Crippen molar-refractivity contribution in [2.75, 3.05) is 37.6 Å². The van der Waals surface area contributed by atoms with E-state index in [0.29, 0.717) is 25.5 Å². The Hall–Kier alpha value is -1.42. The Morgan fingerprint density at radius 1 is 1.08 bits per heavy atom. The summed E-state index contributed by atoms with van der Waals surface area (Å²) in [7, 11) is 0. The third kappa shape index (κ3) is 4.46. The van der Waals surface area contributed by atoms with E-state index >= 15 is 0 Å². The molecule has 6 nitrogen and oxygen atoms in total. The largest absolute Gasteiger partial charge is 0.433 e. The number of nitrogens with zero attached hydrogens (tertiary/aromatic N) is 3. The van der Waals surface area contributed by atoms with Crippen molar-refractivity contribution in [3.05, 3.63) is 23.9 Å². The Balaban J connectivity index is 1.63. The van der Waals surface area contributed by atoms with Crippen LogP contribution in [0.2, 0.25) is 0 Å². The quantitative estimate of drug-likeness (QED) is 0.722. The van der Waals surface area contributed by atoms with Crippen molar-refractivity contribution in [3.63, 3.8) is 0 Å². The monoisotopic (exact) mass is 375 g/mol. The Morgan fingerprint density at radius 3 is 2.42 bits per heavy atom. The predicted octanol–water partition coefficient (Wildman–Crippen LogP) is 0.715. The Morgan fingerprint density at radius 2 is 1.77 bits per heavy atom. The summed E-state index contributed by atoms with van der Waals surface area (Å²) in [6, 6.07) is 3.92. The van der Waals surface area contributed by atoms with E-state index in [2.05, 4.69) is 4.98 Å². The average Bonchev–Trinajstić information content (AvgIpc) is 2.59. The normalized spacial score (nSPS) is 31.2. The van der Waals surface area contributed by atoms with Crippen molar-refractivity contribution >= 4 is 5.82 Å². The highest BCUT2D eigenvalue weighted by Crippen LogP contribution is 2.30. The minimum atomic E-state index is -4.47. The first kappa shape index (κ1) is 19.3. The zero-order valence-electron chi connectivity index (χ0n) is 14.3. The van der Waals surface area contributed by atoms with E-state index in [0.717, 1.165) is 18.9 Å². The maximum absolute atomic E-state index is 12.9. The molecule has 9 heteroatoms. The summed E-state index contributed by atoms with van der Waals surface area (Å²) in [5.74, 6) is 0.508. The molecule has 2 aliphatic rings. The van der Waals surface area contributed by atoms with E-state index in [4.69, 9.17) is 0 Å². The van der Waals surface area contributed by atoms with E-state index in [1.54, 1.807) is 6.07 Å². The highest BCUT2D eigenvalue weighted by Gasteiger charge is 2.35. The molecule has 26 heavy (non-hydrogen) atoms. The smallest absolute Gasteiger partial charge is 0.389 e. The summed E-state index contributed by atoms with van der Waals surface area (Å²) in [6.45, 7) is 2.37. The molecule has 146 valence electrons. The molecule has 1 unspecified atom stereocenters. The van der Waals surface area contributed by atoms with Crippen LogP contribution in [0.5, 0.6) is 0 Å². The number of pyridine rings is 1. The van der Waals surface area contributed by atoms with Gasteiger partial charge in [0, 0.05) is 32.7 Å². The van der Waals surface area contributed by atoms with Gasteiger partial charge in [0.15, 0.2) is 0 Å². The first-order valence-electron chi connectivity index (χ1n) is 8.80. The Labute approximate surface area is 149 Å². The molecule has 1 aromatic rings. The molecule has 0 spiro atoms. The molecule has 0 radical (unpaired) electrons. The zero-order valence-corrected chi connectivity index (χ0v) is 14.3. The van der Waals surface area contributed by atoms with Gasteiger partial charge in [-0.1, -0.05) is 6.07 Å². The van der Waals surface area contributed by atoms with Crippen molar-refractivity contribution in [1.29, 1.82) is 0 Å². The second-order valence-electron chi connectivity index (χ2n) is 7.18. The van der Waals surface area contributed by atoms with Crippen LogP contribution in [0.4, 0.5) is 19.0 Å². The molecule has 0 bridgehead atoms. The van der Waals surface area contributed by atoms with Crippen LogP contribution in [0, 0.1) is 5.92 Å². The minimum Gasteiger partial charge on any atom is -0.389 e. The molecule has 2 aliphatic heterocycles. The van der Waals surface area contributed by atoms with Crippen LogP contribution in [0.15, 0.2) is 18.2 Å². The summed E-state index contributed by atoms with van der Waals surface area (Å²) in [6.07, 6.45) is -5.84. The summed E-state index contributed by atoms with van der Waals surface area (Å²) >= 11 is 0. The van der Waals surface area contributed by atoms with Crippen LogP contribution in [-0.4, -0.2) is 76.2 Å². The second kappa shape index (κ2) is 7.67. The predicted molar refractivity (Wildman–Crippen MR) is 88.6 cm³/mol. The number of likely N-dealkylation sites (tertiary alicyclic amines) is 1. The lowest BCUT2D eigenvalue weighted by Gasteiger charge is -2.41. The SMILES string of the molecule is OC1[C@H](O)CN(C[C@H]2CCCN(c3cccc(C(F)(F)F)n3)C2)C[C@@H]1O. The fraction of sp³-hybridized carbons (Fsp3) is 0.706. The van der Waals surface area contributed by atoms with E-state index in [1.807, 2.05) is 9.80 Å². The van der Waals surface area contributed by atoms with Gasteiger partial charge < -0.3 is 20.2 Å². The van der Waals surface area contributed by atoms with Gasteiger partial charge in [0.2, 0.25) is 0 Å². The van der Waals surface area contributed by atoms with Gasteiger partial charge in [-0.3, -0.25) is 4.90 Å². The zero-order chi connectivity index (χ0) is 18.9. The number of alkyl halides is 3. The fourth-order valence-corrected chi connectivity index (χ4v) is 3.77. The van der Waals surface area contributed by atoms with Gasteiger partial charge in [-0.25, -0.2) is 4.98 Å². The van der Waals surface area contributed by atoms with Gasteiger partial charge in [0.05, 0.1) is 12.2 Å². The third-order valence-electron chi connectivity index (χ3n) is 5.06. The maximum Gasteiger partial charge on any atom is 0.433 e. The highest BCUT2D eigenvalue weighted by molar-refractivity contribution is 5.40. The summed E-state index contributed by atoms with van der Waals surface area (Å²) in [4.78, 5) is 7.51. The lowest BCUT2D eigenvalue weighted by molar-refractivity contribution is -0.141. The lowest BCUT2D eigenvalue weighted by atomic mass is 9.95. The molecule has 4 atom stereocenters. The van der Waals surface area contributed by atoms with Crippen LogP contribution in [0.25, 0.3) is 0 Å². The van der Waals surface area contributed by atoms with Gasteiger partial charge in [-0.15, -0.1) is 0 Å². The molecule has 2 saturated heterocycles. The van der Waals surface area contributed by atoms with Gasteiger partial charge in [-0.05, 0) is 30.9 Å². The van der Waals surface area contributed by atoms with Gasteiger partial charge in [0.1, 0.15) is 17.6 Å². The van der Waals surface area contributed by atoms with Crippen molar-refractivity contribution in [3.8, 4) is 0 Å². The van der Waals surface area contributed by atoms with E-state index in [-0.39, 0.29) is 19.0 Å². The first-order valence-corrected chi connectivity index (χ1v) is 8.80. The number of halogens is 3. The number of aromatic nitrogens is 1. The van der Waals surface area contributed by atoms with Crippen LogP contribution in [0.3, 0.4) is 0 Å². The standard InChI is InChI=1S/C17H24F3N3O3/c18-17(19,20)14-4-1-5-15(21-14)23-6-2-3-11(8-23)7-22-9-12(24)16(26)13(25)10-22/h1,4-5,11-13,16,24-26H,2-3,6-10H2/t11-,12-,13+,16?/m1/s1. The molecule has 2 fully saturated rings. The van der Waals surface area contributed by atoms with Crippen LogP contribution in [-0.2, 0) is 6.18 Å². The van der Waals surface area contributed by atoms with Crippen LogP contribution < -0.4 is 4.90 Å². The molecule has 0 saturated carbocycles. The molecule has 1 aromatic heterocycles. The van der Waals surface area contributed by atoms with Gasteiger partial charge in [-0.2, -0.15) is 13.2 Å². The number of β-amino-alcohol motifs (C(OH)–C–C–N with tert-alkyl or cyclic N) is 2. The number of aliphatic hydroxyl groups is 3. The third-order valence-corrected chi connectivity index (χ3v) is 5.06. The molecule has 3 heterocycles. The highest BCUT2D eigenvalue weighted by atomic mass is 19.4. The number of hydrogen-bond donors (Lipinski definition) is 3. The molecular formula is C17H24F3N3O3. The summed E-state index contributed by atoms with van der Waals surface area (Å²) < 4.78 is 38.6. The van der Waals surface area contributed by atoms with E-state index in [9.17, 15) is 28.5 Å². The van der Waals surface area contributed by atoms with Gasteiger partial charge >= 0.3 is 6.18 Å². The van der Waals surface area contributed by atoms with Crippen molar-refractivity contribution in [2.45, 2.75) is 37.3 Å². The Bertz CT molecular complexity index is 604. The molecule has 0 aliphatic carbocycles. The summed E-state index contributed by atoms with van der Waals surface area (Å²) in [5, 5.41) is 29.2. The number of aliphatic hydroxyl groups excluding tert-OH is 3. The molecule has 0 aromatic carbocycles. The fourth-order valence-electron chi connectivity index (χ4n) is 3.77. The molecule has 0 amide bonds. The number of anilines is 1. The Kier molecular flexibility index (Phi) is 5.71.